The number of hydrogen-bond donors (Lipinski definition) is 0. The summed E-state index contributed by atoms with van der Waals surface area (Å²) in [5, 5.41) is 3.17. The van der Waals surface area contributed by atoms with Gasteiger partial charge in [0, 0.05) is 70.6 Å². The largest absolute Gasteiger partial charge is 0.310 e. The van der Waals surface area contributed by atoms with Crippen molar-refractivity contribution < 1.29 is 4.11 Å². The van der Waals surface area contributed by atoms with E-state index in [0.29, 0.717) is 16.8 Å². The van der Waals surface area contributed by atoms with Gasteiger partial charge >= 0.3 is 0 Å². The Morgan fingerprint density at radius 3 is 1.20 bits per heavy atom. The fraction of sp³-hybridized carbons (Fsp3) is 0.150. The van der Waals surface area contributed by atoms with Gasteiger partial charge in [-0.15, -0.1) is 11.3 Å². The molecule has 85 heavy (non-hydrogen) atoms. The van der Waals surface area contributed by atoms with E-state index in [1.54, 1.807) is 11.3 Å². The van der Waals surface area contributed by atoms with Gasteiger partial charge < -0.3 is 14.4 Å². The Morgan fingerprint density at radius 1 is 0.376 bits per heavy atom. The lowest BCUT2D eigenvalue weighted by Crippen LogP contribution is -2.60. The van der Waals surface area contributed by atoms with E-state index in [4.69, 9.17) is 0 Å². The van der Waals surface area contributed by atoms with Crippen LogP contribution in [0.15, 0.2) is 249 Å². The molecule has 4 heterocycles. The first kappa shape index (κ1) is 49.3. The molecule has 2 aliphatic heterocycles. The second-order valence-electron chi connectivity index (χ2n) is 26.3. The van der Waals surface area contributed by atoms with Crippen molar-refractivity contribution in [1.82, 2.24) is 4.57 Å². The molecule has 11 aromatic carbocycles. The van der Waals surface area contributed by atoms with E-state index < -0.39 is 6.71 Å². The highest BCUT2D eigenvalue weighted by molar-refractivity contribution is 7.33. The van der Waals surface area contributed by atoms with Crippen molar-refractivity contribution in [2.24, 2.45) is 0 Å². The zero-order valence-electron chi connectivity index (χ0n) is 52.8. The number of nitrogens with zero attached hydrogens (tertiary/aromatic N) is 3. The number of benzene rings is 11. The average Bonchev–Trinajstić information content (AvgIpc) is 1.06. The maximum Gasteiger partial charge on any atom is 0.264 e. The normalized spacial score (nSPS) is 13.7. The van der Waals surface area contributed by atoms with E-state index in [1.165, 1.54) is 11.1 Å². The molecule has 0 saturated heterocycles. The van der Waals surface area contributed by atoms with E-state index in [9.17, 15) is 4.11 Å². The average molecular weight is 1120 g/mol. The predicted molar refractivity (Wildman–Crippen MR) is 368 cm³/mol. The minimum absolute atomic E-state index is 0.0155. The number of fused-ring (bicyclic) bond motifs is 9. The lowest BCUT2D eigenvalue weighted by molar-refractivity contribution is 0.590. The van der Waals surface area contributed by atoms with Gasteiger partial charge in [-0.2, -0.15) is 0 Å². The Hall–Kier alpha value is -9.16. The number of para-hydroxylation sites is 2. The molecule has 0 aliphatic carbocycles. The first-order valence-electron chi connectivity index (χ1n) is 31.4. The van der Waals surface area contributed by atoms with Crippen LogP contribution in [0.3, 0.4) is 0 Å². The van der Waals surface area contributed by atoms with Gasteiger partial charge in [0.25, 0.3) is 6.71 Å². The van der Waals surface area contributed by atoms with E-state index in [0.717, 1.165) is 121 Å². The first-order valence-corrected chi connectivity index (χ1v) is 30.7. The Morgan fingerprint density at radius 2 is 0.753 bits per heavy atom. The third-order valence-corrected chi connectivity index (χ3v) is 18.9. The molecular weight excluding hydrogens is 1050 g/mol. The molecule has 0 radical (unpaired) electrons. The molecule has 0 spiro atoms. The first-order chi connectivity index (χ1) is 42.4. The van der Waals surface area contributed by atoms with Gasteiger partial charge in [-0.05, 0) is 133 Å². The summed E-state index contributed by atoms with van der Waals surface area (Å²) in [4.78, 5) is 5.01. The Kier molecular flexibility index (Phi) is 11.4. The fourth-order valence-electron chi connectivity index (χ4n) is 13.3. The molecule has 0 atom stereocenters. The fourth-order valence-corrected chi connectivity index (χ4v) is 14.6. The van der Waals surface area contributed by atoms with E-state index in [1.807, 2.05) is 12.1 Å². The van der Waals surface area contributed by atoms with Crippen LogP contribution in [0.25, 0.3) is 82.1 Å². The minimum atomic E-state index is -0.565. The molecular formula is C80H68BN3S. The molecule has 3 nitrogen and oxygen atoms in total. The molecule has 5 heteroatoms. The van der Waals surface area contributed by atoms with Gasteiger partial charge in [-0.1, -0.05) is 244 Å². The third-order valence-electron chi connectivity index (χ3n) is 17.7. The highest BCUT2D eigenvalue weighted by Crippen LogP contribution is 2.56. The van der Waals surface area contributed by atoms with E-state index in [-0.39, 0.29) is 34.4 Å². The van der Waals surface area contributed by atoms with Crippen LogP contribution in [0, 0.1) is 0 Å². The predicted octanol–water partition coefficient (Wildman–Crippen LogP) is 20.6. The monoisotopic (exact) mass is 1120 g/mol. The highest BCUT2D eigenvalue weighted by Gasteiger charge is 2.48. The smallest absolute Gasteiger partial charge is 0.264 e. The topological polar surface area (TPSA) is 11.4 Å². The van der Waals surface area contributed by atoms with Gasteiger partial charge in [-0.25, -0.2) is 0 Å². The Labute approximate surface area is 509 Å². The third kappa shape index (κ3) is 8.60. The molecule has 15 rings (SSSR count). The Balaban J connectivity index is 1.18. The summed E-state index contributed by atoms with van der Waals surface area (Å²) in [6.07, 6.45) is 0. The van der Waals surface area contributed by atoms with Crippen LogP contribution in [0.4, 0.5) is 34.1 Å². The quantitative estimate of drug-likeness (QED) is 0.147. The number of aromatic nitrogens is 1. The van der Waals surface area contributed by atoms with Crippen LogP contribution in [-0.2, 0) is 16.2 Å². The van der Waals surface area contributed by atoms with Crippen molar-refractivity contribution in [3.63, 3.8) is 0 Å². The van der Waals surface area contributed by atoms with Crippen molar-refractivity contribution in [2.75, 3.05) is 9.80 Å². The SMILES string of the molecule is [2H]c1c([2H])c(-n2c3ccccc3c3ccccc32)c([2H])c2c1B1c3sc4ccccc4c3N(c3c(-c4ccccc4)cc(C(C)(C)C)cc3-c3ccccc3)c3cc(C(C)(C)C)cc(c31)N2c1c(-c2ccccc2)cc(C(C)(C)C)cc1-c1ccccc1. The van der Waals surface area contributed by atoms with Gasteiger partial charge in [0.05, 0.1) is 32.2 Å². The second kappa shape index (κ2) is 19.7. The van der Waals surface area contributed by atoms with Crippen molar-refractivity contribution in [1.29, 1.82) is 0 Å². The van der Waals surface area contributed by atoms with Crippen LogP contribution in [0.1, 0.15) is 83.1 Å². The van der Waals surface area contributed by atoms with Crippen LogP contribution in [0.5, 0.6) is 0 Å². The lowest BCUT2D eigenvalue weighted by atomic mass is 9.36. The number of hydrogen-bond acceptors (Lipinski definition) is 3. The van der Waals surface area contributed by atoms with Crippen LogP contribution < -0.4 is 25.5 Å². The zero-order valence-corrected chi connectivity index (χ0v) is 50.6. The molecule has 2 aliphatic rings. The van der Waals surface area contributed by atoms with Gasteiger partial charge in [0.2, 0.25) is 0 Å². The number of rotatable bonds is 7. The minimum Gasteiger partial charge on any atom is -0.310 e. The molecule has 2 aromatic heterocycles. The summed E-state index contributed by atoms with van der Waals surface area (Å²) in [5.74, 6) is 0. The van der Waals surface area contributed by atoms with Gasteiger partial charge in [-0.3, -0.25) is 0 Å². The molecule has 0 saturated carbocycles. The van der Waals surface area contributed by atoms with Crippen molar-refractivity contribution in [3.8, 4) is 50.2 Å². The molecule has 0 unspecified atom stereocenters. The summed E-state index contributed by atoms with van der Waals surface area (Å²) in [7, 11) is 0. The maximum atomic E-state index is 11.4. The molecule has 0 N–H and O–H groups in total. The lowest BCUT2D eigenvalue weighted by Gasteiger charge is -2.46. The van der Waals surface area contributed by atoms with Gasteiger partial charge in [0.15, 0.2) is 0 Å². The Bertz CT molecular complexity index is 4780. The summed E-state index contributed by atoms with van der Waals surface area (Å²) in [6.45, 7) is 20.2. The molecule has 0 amide bonds. The molecule has 13 aromatic rings. The molecule has 0 bridgehead atoms. The zero-order chi connectivity index (χ0) is 60.7. The summed E-state index contributed by atoms with van der Waals surface area (Å²) < 4.78 is 37.5. The summed E-state index contributed by atoms with van der Waals surface area (Å²) >= 11 is 1.78. The number of anilines is 6. The van der Waals surface area contributed by atoms with Gasteiger partial charge in [0.1, 0.15) is 0 Å². The van der Waals surface area contributed by atoms with Crippen molar-refractivity contribution in [3.05, 3.63) is 265 Å². The van der Waals surface area contributed by atoms with Crippen LogP contribution in [-0.4, -0.2) is 11.3 Å². The highest BCUT2D eigenvalue weighted by atomic mass is 32.1. The van der Waals surface area contributed by atoms with E-state index in [2.05, 4.69) is 295 Å². The maximum absolute atomic E-state index is 11.4. The summed E-state index contributed by atoms with van der Waals surface area (Å²) in [5.41, 5.74) is 20.7. The standard InChI is InChI=1S/C80H68BN3S/c1-78(2,3)55-44-62(51-28-14-10-15-29-51)74(63(45-55)52-30-16-11-17-31-52)83-69-50-58(82-67-39-25-22-36-59(67)60-37-23-26-40-68(60)82)42-43-66(69)81-73-70(83)48-57(80(7,8)9)49-71(73)84(76-61-38-24-27-41-72(61)85-77(76)81)75-64(53-32-18-12-19-33-53)46-56(79(4,5)6)47-65(75)54-34-20-13-21-35-54/h10-50H,1-9H3/i42D,43D,50D. The van der Waals surface area contributed by atoms with Crippen LogP contribution >= 0.6 is 11.3 Å². The van der Waals surface area contributed by atoms with Crippen molar-refractivity contribution >= 4 is 99.8 Å². The molecule has 0 fully saturated rings. The molecule has 412 valence electrons. The van der Waals surface area contributed by atoms with Crippen LogP contribution in [0.2, 0.25) is 0 Å². The second-order valence-corrected chi connectivity index (χ2v) is 27.3. The number of thiophene rings is 1. The van der Waals surface area contributed by atoms with E-state index >= 15 is 0 Å². The van der Waals surface area contributed by atoms with Crippen molar-refractivity contribution in [2.45, 2.75) is 78.6 Å². The summed E-state index contributed by atoms with van der Waals surface area (Å²) in [6, 6.07) is 83.6.